The highest BCUT2D eigenvalue weighted by atomic mass is 32.2. The van der Waals surface area contributed by atoms with Crippen LogP contribution in [-0.2, 0) is 21.8 Å². The van der Waals surface area contributed by atoms with E-state index in [1.54, 1.807) is 36.4 Å². The van der Waals surface area contributed by atoms with Gasteiger partial charge in [0.25, 0.3) is 0 Å². The minimum atomic E-state index is -3.90. The molecular formula is C25H26FNO4S2. The van der Waals surface area contributed by atoms with Gasteiger partial charge in [-0.05, 0) is 46.4 Å². The summed E-state index contributed by atoms with van der Waals surface area (Å²) >= 11 is 1.12. The third-order valence-corrected chi connectivity index (χ3v) is 9.30. The van der Waals surface area contributed by atoms with E-state index in [4.69, 9.17) is 0 Å². The summed E-state index contributed by atoms with van der Waals surface area (Å²) in [5.41, 5.74) is 1.87. The molecular weight excluding hydrogens is 461 g/mol. The first-order valence-electron chi connectivity index (χ1n) is 10.6. The van der Waals surface area contributed by atoms with Gasteiger partial charge in [0.05, 0.1) is 15.7 Å². The molecule has 5 nitrogen and oxygen atoms in total. The maximum atomic E-state index is 14.9. The maximum absolute atomic E-state index is 14.9. The molecule has 4 rings (SSSR count). The first kappa shape index (κ1) is 23.8. The summed E-state index contributed by atoms with van der Waals surface area (Å²) in [6.45, 7) is 5.74. The molecule has 2 unspecified atom stereocenters. The maximum Gasteiger partial charge on any atom is 0.198 e. The average molecular weight is 488 g/mol. The number of aliphatic hydroxyl groups is 1. The molecule has 2 heterocycles. The van der Waals surface area contributed by atoms with Gasteiger partial charge in [-0.15, -0.1) is 11.3 Å². The van der Waals surface area contributed by atoms with Crippen LogP contribution in [0.3, 0.4) is 0 Å². The number of benzene rings is 2. The fourth-order valence-corrected chi connectivity index (χ4v) is 7.24. The summed E-state index contributed by atoms with van der Waals surface area (Å²) < 4.78 is 42.4. The lowest BCUT2D eigenvalue weighted by atomic mass is 9.87. The summed E-state index contributed by atoms with van der Waals surface area (Å²) in [7, 11) is -3.90. The van der Waals surface area contributed by atoms with Crippen molar-refractivity contribution in [1.82, 2.24) is 5.32 Å². The Hall–Kier alpha value is -2.39. The molecule has 0 radical (unpaired) electrons. The molecule has 8 heteroatoms. The smallest absolute Gasteiger partial charge is 0.198 e. The summed E-state index contributed by atoms with van der Waals surface area (Å²) in [6.07, 6.45) is 0. The van der Waals surface area contributed by atoms with Gasteiger partial charge in [0, 0.05) is 11.4 Å². The van der Waals surface area contributed by atoms with E-state index in [9.17, 15) is 22.7 Å². The van der Waals surface area contributed by atoms with E-state index in [2.05, 4.69) is 26.1 Å². The van der Waals surface area contributed by atoms with E-state index in [-0.39, 0.29) is 22.4 Å². The van der Waals surface area contributed by atoms with Crippen LogP contribution in [0.1, 0.15) is 57.9 Å². The number of Topliss-reactive ketones (excluding diaryl/α,β-unsaturated/α-hetero) is 1. The molecule has 0 saturated heterocycles. The number of ketones is 1. The number of carbonyl (C=O) groups excluding carboxylic acids is 1. The molecule has 1 aliphatic rings. The summed E-state index contributed by atoms with van der Waals surface area (Å²) in [4.78, 5) is 13.2. The molecule has 3 aromatic rings. The van der Waals surface area contributed by atoms with E-state index in [0.717, 1.165) is 22.5 Å². The first-order chi connectivity index (χ1) is 15.5. The lowest BCUT2D eigenvalue weighted by Gasteiger charge is -2.33. The third-order valence-electron chi connectivity index (χ3n) is 5.96. The van der Waals surface area contributed by atoms with Crippen LogP contribution in [0.5, 0.6) is 0 Å². The second-order valence-corrected chi connectivity index (χ2v) is 12.4. The number of aliphatic hydroxyl groups excluding tert-OH is 1. The van der Waals surface area contributed by atoms with Crippen LogP contribution in [0.2, 0.25) is 0 Å². The fourth-order valence-electron chi connectivity index (χ4n) is 4.14. The second-order valence-electron chi connectivity index (χ2n) is 9.20. The molecule has 0 fully saturated rings. The van der Waals surface area contributed by atoms with Crippen LogP contribution < -0.4 is 5.32 Å². The van der Waals surface area contributed by atoms with Crippen molar-refractivity contribution in [2.24, 2.45) is 0 Å². The van der Waals surface area contributed by atoms with E-state index >= 15 is 0 Å². The second kappa shape index (κ2) is 8.76. The zero-order valence-corrected chi connectivity index (χ0v) is 20.3. The Bertz CT molecular complexity index is 1290. The van der Waals surface area contributed by atoms with Crippen LogP contribution in [0.4, 0.5) is 4.39 Å². The minimum absolute atomic E-state index is 0.122. The number of nitrogens with one attached hydrogen (secondary N) is 1. The molecule has 0 saturated carbocycles. The molecule has 174 valence electrons. The van der Waals surface area contributed by atoms with E-state index < -0.39 is 39.3 Å². The summed E-state index contributed by atoms with van der Waals surface area (Å²) in [6, 6.07) is 14.6. The van der Waals surface area contributed by atoms with Crippen LogP contribution in [0.15, 0.2) is 59.5 Å². The summed E-state index contributed by atoms with van der Waals surface area (Å²) in [5.74, 6) is -1.80. The van der Waals surface area contributed by atoms with Crippen molar-refractivity contribution in [1.29, 1.82) is 0 Å². The topological polar surface area (TPSA) is 83.5 Å². The molecule has 1 aliphatic heterocycles. The highest BCUT2D eigenvalue weighted by Gasteiger charge is 2.42. The number of thiophene rings is 1. The number of carbonyl (C=O) groups is 1. The third kappa shape index (κ3) is 4.40. The molecule has 2 atom stereocenters. The quantitative estimate of drug-likeness (QED) is 0.522. The van der Waals surface area contributed by atoms with Crippen molar-refractivity contribution in [2.75, 3.05) is 6.61 Å². The predicted molar refractivity (Wildman–Crippen MR) is 127 cm³/mol. The number of halogens is 1. The van der Waals surface area contributed by atoms with Gasteiger partial charge in [-0.3, -0.25) is 10.1 Å². The normalized spacial score (nSPS) is 18.7. The van der Waals surface area contributed by atoms with Crippen LogP contribution in [0, 0.1) is 5.82 Å². The van der Waals surface area contributed by atoms with Gasteiger partial charge in [0.2, 0.25) is 0 Å². The molecule has 2 N–H and O–H groups in total. The molecule has 0 spiro atoms. The van der Waals surface area contributed by atoms with Crippen molar-refractivity contribution in [3.63, 3.8) is 0 Å². The molecule has 1 aromatic heterocycles. The SMILES string of the molecule is CC(C)(C)c1ccc(S(=O)(=O)C2NCc3cc(C(=O)CO)sc3C2c2ccccc2F)cc1. The molecule has 2 aromatic carbocycles. The molecule has 0 aliphatic carbocycles. The number of fused-ring (bicyclic) bond motifs is 1. The number of hydrogen-bond acceptors (Lipinski definition) is 6. The highest BCUT2D eigenvalue weighted by Crippen LogP contribution is 2.43. The van der Waals surface area contributed by atoms with Crippen molar-refractivity contribution >= 4 is 27.0 Å². The van der Waals surface area contributed by atoms with Gasteiger partial charge in [-0.1, -0.05) is 51.1 Å². The van der Waals surface area contributed by atoms with Crippen molar-refractivity contribution < 1.29 is 22.7 Å². The molecule has 33 heavy (non-hydrogen) atoms. The van der Waals surface area contributed by atoms with Gasteiger partial charge in [0.1, 0.15) is 17.8 Å². The van der Waals surface area contributed by atoms with E-state index in [1.807, 2.05) is 12.1 Å². The largest absolute Gasteiger partial charge is 0.388 e. The lowest BCUT2D eigenvalue weighted by molar-refractivity contribution is 0.0908. The van der Waals surface area contributed by atoms with E-state index in [1.165, 1.54) is 6.07 Å². The summed E-state index contributed by atoms with van der Waals surface area (Å²) in [5, 5.41) is 11.2. The van der Waals surface area contributed by atoms with Gasteiger partial charge in [-0.25, -0.2) is 12.8 Å². The first-order valence-corrected chi connectivity index (χ1v) is 13.0. The minimum Gasteiger partial charge on any atom is -0.388 e. The Kier molecular flexibility index (Phi) is 6.30. The van der Waals surface area contributed by atoms with Crippen LogP contribution in [0.25, 0.3) is 0 Å². The average Bonchev–Trinajstić information content (AvgIpc) is 3.22. The number of sulfone groups is 1. The highest BCUT2D eigenvalue weighted by molar-refractivity contribution is 7.92. The Morgan fingerprint density at radius 3 is 2.42 bits per heavy atom. The Labute approximate surface area is 197 Å². The van der Waals surface area contributed by atoms with Gasteiger partial charge < -0.3 is 5.11 Å². The Balaban J connectivity index is 1.84. The van der Waals surface area contributed by atoms with Crippen molar-refractivity contribution in [3.8, 4) is 0 Å². The van der Waals surface area contributed by atoms with Gasteiger partial charge in [-0.2, -0.15) is 0 Å². The van der Waals surface area contributed by atoms with Crippen LogP contribution in [-0.4, -0.2) is 31.3 Å². The lowest BCUT2D eigenvalue weighted by Crippen LogP contribution is -2.45. The zero-order chi connectivity index (χ0) is 24.0. The van der Waals surface area contributed by atoms with Crippen LogP contribution >= 0.6 is 11.3 Å². The predicted octanol–water partition coefficient (Wildman–Crippen LogP) is 4.39. The van der Waals surface area contributed by atoms with Gasteiger partial charge >= 0.3 is 0 Å². The number of rotatable bonds is 5. The Morgan fingerprint density at radius 2 is 1.82 bits per heavy atom. The molecule has 0 bridgehead atoms. The monoisotopic (exact) mass is 487 g/mol. The van der Waals surface area contributed by atoms with Gasteiger partial charge in [0.15, 0.2) is 15.6 Å². The standard InChI is InChI=1S/C25H26FNO4S2/c1-25(2,3)16-8-10-17(11-9-16)33(30,31)24-22(18-6-4-5-7-19(18)26)23-15(13-27-24)12-21(32-23)20(29)14-28/h4-12,22,24,27-28H,13-14H2,1-3H3. The Morgan fingerprint density at radius 1 is 1.15 bits per heavy atom. The number of hydrogen-bond donors (Lipinski definition) is 2. The van der Waals surface area contributed by atoms with E-state index in [0.29, 0.717) is 9.75 Å². The molecule has 0 amide bonds. The zero-order valence-electron chi connectivity index (χ0n) is 18.6. The fraction of sp³-hybridized carbons (Fsp3) is 0.320. The van der Waals surface area contributed by atoms with Crippen molar-refractivity contribution in [3.05, 3.63) is 86.9 Å². The van der Waals surface area contributed by atoms with Crippen molar-refractivity contribution in [2.45, 2.75) is 48.9 Å².